The standard InChI is InChI=1S/C19H32N4O2/c1-2-3-15-25-19(24)18(20)5-4-10-22-16-8-13-23(14-9-16)17-6-11-21-12-7-17/h6-7,11-12,16,18,22H,2-5,8-10,13-15,20H2,1H3. The lowest BCUT2D eigenvalue weighted by molar-refractivity contribution is -0.145. The molecule has 6 nitrogen and oxygen atoms in total. The van der Waals surface area contributed by atoms with E-state index >= 15 is 0 Å². The Bertz CT molecular complexity index is 489. The van der Waals surface area contributed by atoms with Crippen LogP contribution in [0.25, 0.3) is 0 Å². The Balaban J connectivity index is 1.55. The van der Waals surface area contributed by atoms with Crippen molar-refractivity contribution in [3.8, 4) is 0 Å². The highest BCUT2D eigenvalue weighted by molar-refractivity contribution is 5.75. The summed E-state index contributed by atoms with van der Waals surface area (Å²) in [7, 11) is 0. The largest absolute Gasteiger partial charge is 0.465 e. The Morgan fingerprint density at radius 1 is 1.36 bits per heavy atom. The number of carbonyl (C=O) groups excluding carboxylic acids is 1. The molecule has 1 atom stereocenters. The van der Waals surface area contributed by atoms with Gasteiger partial charge < -0.3 is 20.7 Å². The summed E-state index contributed by atoms with van der Waals surface area (Å²) >= 11 is 0. The van der Waals surface area contributed by atoms with Crippen LogP contribution in [0.5, 0.6) is 0 Å². The lowest BCUT2D eigenvalue weighted by Crippen LogP contribution is -2.43. The monoisotopic (exact) mass is 348 g/mol. The fraction of sp³-hybridized carbons (Fsp3) is 0.684. The van der Waals surface area contributed by atoms with E-state index in [1.165, 1.54) is 5.69 Å². The highest BCUT2D eigenvalue weighted by atomic mass is 16.5. The summed E-state index contributed by atoms with van der Waals surface area (Å²) in [5.41, 5.74) is 7.14. The molecule has 0 spiro atoms. The Morgan fingerprint density at radius 3 is 2.76 bits per heavy atom. The molecule has 25 heavy (non-hydrogen) atoms. The summed E-state index contributed by atoms with van der Waals surface area (Å²) in [4.78, 5) is 18.2. The number of hydrogen-bond acceptors (Lipinski definition) is 6. The van der Waals surface area contributed by atoms with Crippen molar-refractivity contribution >= 4 is 11.7 Å². The average Bonchev–Trinajstić information content (AvgIpc) is 2.66. The van der Waals surface area contributed by atoms with Crippen LogP contribution in [0.3, 0.4) is 0 Å². The first-order chi connectivity index (χ1) is 12.2. The van der Waals surface area contributed by atoms with E-state index in [0.29, 0.717) is 19.1 Å². The molecule has 0 radical (unpaired) electrons. The predicted octanol–water partition coefficient (Wildman–Crippen LogP) is 2.09. The molecular weight excluding hydrogens is 316 g/mol. The molecule has 1 fully saturated rings. The number of nitrogens with one attached hydrogen (secondary N) is 1. The van der Waals surface area contributed by atoms with Crippen molar-refractivity contribution in [2.24, 2.45) is 5.73 Å². The van der Waals surface area contributed by atoms with Gasteiger partial charge in [0.05, 0.1) is 6.61 Å². The first-order valence-electron chi connectivity index (χ1n) is 9.51. The molecule has 1 aromatic rings. The quantitative estimate of drug-likeness (QED) is 0.498. The topological polar surface area (TPSA) is 80.5 Å². The van der Waals surface area contributed by atoms with Crippen LogP contribution < -0.4 is 16.0 Å². The van der Waals surface area contributed by atoms with Gasteiger partial charge in [0.15, 0.2) is 0 Å². The number of pyridine rings is 1. The maximum Gasteiger partial charge on any atom is 0.322 e. The van der Waals surface area contributed by atoms with Gasteiger partial charge in [-0.25, -0.2) is 0 Å². The number of esters is 1. The normalized spacial score (nSPS) is 16.6. The van der Waals surface area contributed by atoms with Crippen molar-refractivity contribution < 1.29 is 9.53 Å². The van der Waals surface area contributed by atoms with Crippen molar-refractivity contribution in [3.63, 3.8) is 0 Å². The molecule has 1 aliphatic rings. The molecule has 2 rings (SSSR count). The van der Waals surface area contributed by atoms with Gasteiger partial charge in [0.25, 0.3) is 0 Å². The molecule has 6 heteroatoms. The highest BCUT2D eigenvalue weighted by Crippen LogP contribution is 2.18. The number of unbranched alkanes of at least 4 members (excludes halogenated alkanes) is 1. The fourth-order valence-corrected chi connectivity index (χ4v) is 3.07. The molecule has 1 aromatic heterocycles. The first-order valence-corrected chi connectivity index (χ1v) is 9.51. The van der Waals surface area contributed by atoms with Crippen molar-refractivity contribution in [1.29, 1.82) is 0 Å². The number of aromatic nitrogens is 1. The van der Waals surface area contributed by atoms with E-state index in [0.717, 1.165) is 51.7 Å². The Labute approximate surface area is 151 Å². The summed E-state index contributed by atoms with van der Waals surface area (Å²) in [6, 6.07) is 4.18. The number of hydrogen-bond donors (Lipinski definition) is 2. The highest BCUT2D eigenvalue weighted by Gasteiger charge is 2.19. The smallest absolute Gasteiger partial charge is 0.322 e. The van der Waals surface area contributed by atoms with Crippen LogP contribution in [-0.4, -0.2) is 49.3 Å². The van der Waals surface area contributed by atoms with E-state index < -0.39 is 6.04 Å². The second-order valence-electron chi connectivity index (χ2n) is 6.69. The zero-order valence-electron chi connectivity index (χ0n) is 15.3. The van der Waals surface area contributed by atoms with E-state index in [-0.39, 0.29) is 5.97 Å². The van der Waals surface area contributed by atoms with Gasteiger partial charge >= 0.3 is 5.97 Å². The number of carbonyl (C=O) groups is 1. The molecule has 1 unspecified atom stereocenters. The molecule has 0 aliphatic carbocycles. The third kappa shape index (κ3) is 7.00. The second kappa shape index (κ2) is 11.1. The number of nitrogens with zero attached hydrogens (tertiary/aromatic N) is 2. The minimum Gasteiger partial charge on any atom is -0.465 e. The van der Waals surface area contributed by atoms with Crippen LogP contribution in [0.4, 0.5) is 5.69 Å². The Kier molecular flexibility index (Phi) is 8.69. The fourth-order valence-electron chi connectivity index (χ4n) is 3.07. The second-order valence-corrected chi connectivity index (χ2v) is 6.69. The van der Waals surface area contributed by atoms with E-state index in [1.807, 2.05) is 12.4 Å². The van der Waals surface area contributed by atoms with Crippen LogP contribution in [-0.2, 0) is 9.53 Å². The van der Waals surface area contributed by atoms with Crippen LogP contribution in [0.2, 0.25) is 0 Å². The summed E-state index contributed by atoms with van der Waals surface area (Å²) in [5, 5.41) is 3.59. The van der Waals surface area contributed by atoms with Crippen molar-refractivity contribution in [2.75, 3.05) is 31.1 Å². The molecule has 0 saturated carbocycles. The van der Waals surface area contributed by atoms with E-state index in [4.69, 9.17) is 10.5 Å². The van der Waals surface area contributed by atoms with Gasteiger partial charge in [-0.3, -0.25) is 9.78 Å². The summed E-state index contributed by atoms with van der Waals surface area (Å²) in [6.07, 6.45) is 9.44. The molecule has 0 amide bonds. The Hall–Kier alpha value is -1.66. The summed E-state index contributed by atoms with van der Waals surface area (Å²) < 4.78 is 5.15. The molecular formula is C19H32N4O2. The van der Waals surface area contributed by atoms with Gasteiger partial charge in [-0.05, 0) is 50.8 Å². The molecule has 1 saturated heterocycles. The van der Waals surface area contributed by atoms with E-state index in [9.17, 15) is 4.79 Å². The molecule has 2 heterocycles. The lowest BCUT2D eigenvalue weighted by Gasteiger charge is -2.34. The molecule has 0 aromatic carbocycles. The number of anilines is 1. The van der Waals surface area contributed by atoms with Gasteiger partial charge in [-0.2, -0.15) is 0 Å². The Morgan fingerprint density at radius 2 is 2.08 bits per heavy atom. The van der Waals surface area contributed by atoms with Gasteiger partial charge in [-0.15, -0.1) is 0 Å². The summed E-state index contributed by atoms with van der Waals surface area (Å²) in [6.45, 7) is 5.57. The zero-order valence-corrected chi connectivity index (χ0v) is 15.3. The van der Waals surface area contributed by atoms with Crippen molar-refractivity contribution in [3.05, 3.63) is 24.5 Å². The minimum atomic E-state index is -0.493. The maximum absolute atomic E-state index is 11.7. The maximum atomic E-state index is 11.7. The summed E-state index contributed by atoms with van der Waals surface area (Å²) in [5.74, 6) is -0.265. The number of nitrogens with two attached hydrogens (primary N) is 1. The van der Waals surface area contributed by atoms with Crippen LogP contribution in [0, 0.1) is 0 Å². The van der Waals surface area contributed by atoms with Crippen LogP contribution in [0.15, 0.2) is 24.5 Å². The number of ether oxygens (including phenoxy) is 1. The van der Waals surface area contributed by atoms with Gasteiger partial charge in [0.2, 0.25) is 0 Å². The van der Waals surface area contributed by atoms with Gasteiger partial charge in [-0.1, -0.05) is 13.3 Å². The SMILES string of the molecule is CCCCOC(=O)C(N)CCCNC1CCN(c2ccncc2)CC1. The molecule has 3 N–H and O–H groups in total. The van der Waals surface area contributed by atoms with Gasteiger partial charge in [0.1, 0.15) is 6.04 Å². The van der Waals surface area contributed by atoms with E-state index in [2.05, 4.69) is 34.3 Å². The van der Waals surface area contributed by atoms with E-state index in [1.54, 1.807) is 0 Å². The van der Waals surface area contributed by atoms with Crippen molar-refractivity contribution in [1.82, 2.24) is 10.3 Å². The predicted molar refractivity (Wildman–Crippen MR) is 101 cm³/mol. The third-order valence-electron chi connectivity index (χ3n) is 4.69. The van der Waals surface area contributed by atoms with Crippen LogP contribution in [0.1, 0.15) is 45.4 Å². The minimum absolute atomic E-state index is 0.265. The zero-order chi connectivity index (χ0) is 17.9. The lowest BCUT2D eigenvalue weighted by atomic mass is 10.0. The average molecular weight is 348 g/mol. The molecule has 0 bridgehead atoms. The molecule has 140 valence electrons. The van der Waals surface area contributed by atoms with Crippen molar-refractivity contribution in [2.45, 2.75) is 57.5 Å². The molecule has 1 aliphatic heterocycles. The van der Waals surface area contributed by atoms with Gasteiger partial charge in [0, 0.05) is 37.2 Å². The third-order valence-corrected chi connectivity index (χ3v) is 4.69. The van der Waals surface area contributed by atoms with Crippen LogP contribution >= 0.6 is 0 Å². The first kappa shape index (κ1) is 19.7. The number of piperidine rings is 1. The number of rotatable bonds is 10.